The molecule has 0 amide bonds. The third kappa shape index (κ3) is 6.04. The van der Waals surface area contributed by atoms with E-state index in [4.69, 9.17) is 5.73 Å². The summed E-state index contributed by atoms with van der Waals surface area (Å²) < 4.78 is 2.14. The topological polar surface area (TPSA) is 59.1 Å². The highest BCUT2D eigenvalue weighted by Crippen LogP contribution is 2.33. The Morgan fingerprint density at radius 2 is 2.00 bits per heavy atom. The van der Waals surface area contributed by atoms with Crippen molar-refractivity contribution in [3.05, 3.63) is 36.4 Å². The Labute approximate surface area is 163 Å². The van der Waals surface area contributed by atoms with Gasteiger partial charge in [-0.2, -0.15) is 0 Å². The summed E-state index contributed by atoms with van der Waals surface area (Å²) in [5.74, 6) is 1.72. The van der Waals surface area contributed by atoms with Crippen molar-refractivity contribution in [3.8, 4) is 5.69 Å². The SMILES string of the molecule is CNCCN(C)C.Nc1cc(S)ccc1-n1ccnc1C1CCCCC1. The van der Waals surface area contributed by atoms with Crippen LogP contribution in [0.3, 0.4) is 0 Å². The fraction of sp³-hybridized carbons (Fsp3) is 0.550. The van der Waals surface area contributed by atoms with Gasteiger partial charge in [0, 0.05) is 36.3 Å². The number of aromatic nitrogens is 2. The molecule has 1 heterocycles. The molecule has 0 atom stereocenters. The molecule has 0 radical (unpaired) electrons. The first-order valence-corrected chi connectivity index (χ1v) is 9.89. The summed E-state index contributed by atoms with van der Waals surface area (Å²) in [5, 5.41) is 3.06. The molecular weight excluding hydrogens is 342 g/mol. The van der Waals surface area contributed by atoms with E-state index in [1.54, 1.807) is 0 Å². The highest BCUT2D eigenvalue weighted by molar-refractivity contribution is 7.80. The fourth-order valence-electron chi connectivity index (χ4n) is 3.28. The lowest BCUT2D eigenvalue weighted by Gasteiger charge is -2.22. The first-order chi connectivity index (χ1) is 12.5. The van der Waals surface area contributed by atoms with Gasteiger partial charge in [-0.3, -0.25) is 0 Å². The van der Waals surface area contributed by atoms with E-state index in [-0.39, 0.29) is 0 Å². The van der Waals surface area contributed by atoms with Crippen LogP contribution in [0, 0.1) is 0 Å². The lowest BCUT2D eigenvalue weighted by Crippen LogP contribution is -2.23. The number of hydrogen-bond acceptors (Lipinski definition) is 5. The van der Waals surface area contributed by atoms with Crippen LogP contribution in [0.5, 0.6) is 0 Å². The molecule has 5 nitrogen and oxygen atoms in total. The second-order valence-electron chi connectivity index (χ2n) is 7.14. The fourth-order valence-corrected chi connectivity index (χ4v) is 3.49. The Kier molecular flexibility index (Phi) is 8.48. The molecule has 3 rings (SSSR count). The van der Waals surface area contributed by atoms with Crippen LogP contribution >= 0.6 is 12.6 Å². The third-order valence-electron chi connectivity index (χ3n) is 4.72. The number of benzene rings is 1. The molecule has 0 saturated heterocycles. The maximum Gasteiger partial charge on any atom is 0.116 e. The molecule has 1 aromatic heterocycles. The van der Waals surface area contributed by atoms with Crippen LogP contribution in [0.15, 0.2) is 35.5 Å². The van der Waals surface area contributed by atoms with Crippen molar-refractivity contribution in [1.82, 2.24) is 19.8 Å². The van der Waals surface area contributed by atoms with Crippen LogP contribution in [-0.4, -0.2) is 48.7 Å². The van der Waals surface area contributed by atoms with Crippen molar-refractivity contribution in [2.45, 2.75) is 42.9 Å². The molecule has 1 aromatic carbocycles. The predicted octanol–water partition coefficient (Wildman–Crippen LogP) is 3.56. The molecule has 1 aliphatic carbocycles. The summed E-state index contributed by atoms with van der Waals surface area (Å²) in [7, 11) is 6.10. The molecule has 144 valence electrons. The number of thiol groups is 1. The Hall–Kier alpha value is -1.50. The second-order valence-corrected chi connectivity index (χ2v) is 7.66. The Morgan fingerprint density at radius 1 is 1.27 bits per heavy atom. The average Bonchev–Trinajstić information content (AvgIpc) is 3.10. The first-order valence-electron chi connectivity index (χ1n) is 9.44. The van der Waals surface area contributed by atoms with E-state index in [2.05, 4.69) is 46.5 Å². The van der Waals surface area contributed by atoms with Crippen molar-refractivity contribution in [1.29, 1.82) is 0 Å². The summed E-state index contributed by atoms with van der Waals surface area (Å²) in [5.41, 5.74) is 7.88. The minimum absolute atomic E-state index is 0.568. The number of hydrogen-bond donors (Lipinski definition) is 3. The quantitative estimate of drug-likeness (QED) is 0.552. The number of nitrogens with two attached hydrogens (primary N) is 1. The van der Waals surface area contributed by atoms with Gasteiger partial charge in [0.25, 0.3) is 0 Å². The number of nitrogens with one attached hydrogen (secondary N) is 1. The van der Waals surface area contributed by atoms with Gasteiger partial charge in [0.1, 0.15) is 5.82 Å². The lowest BCUT2D eigenvalue weighted by molar-refractivity contribution is 0.407. The number of anilines is 1. The zero-order valence-corrected chi connectivity index (χ0v) is 17.2. The van der Waals surface area contributed by atoms with Gasteiger partial charge in [0.15, 0.2) is 0 Å². The monoisotopic (exact) mass is 375 g/mol. The van der Waals surface area contributed by atoms with E-state index in [0.717, 1.165) is 35.2 Å². The molecule has 0 spiro atoms. The van der Waals surface area contributed by atoms with Gasteiger partial charge in [0.05, 0.1) is 11.4 Å². The van der Waals surface area contributed by atoms with Crippen molar-refractivity contribution >= 4 is 18.3 Å². The molecule has 1 fully saturated rings. The minimum atomic E-state index is 0.568. The summed E-state index contributed by atoms with van der Waals surface area (Å²) >= 11 is 4.32. The lowest BCUT2D eigenvalue weighted by atomic mass is 9.88. The van der Waals surface area contributed by atoms with Crippen LogP contribution in [0.25, 0.3) is 5.69 Å². The van der Waals surface area contributed by atoms with Gasteiger partial charge >= 0.3 is 0 Å². The second kappa shape index (κ2) is 10.6. The van der Waals surface area contributed by atoms with Crippen LogP contribution in [0.4, 0.5) is 5.69 Å². The summed E-state index contributed by atoms with van der Waals surface area (Å²) in [4.78, 5) is 7.61. The van der Waals surface area contributed by atoms with E-state index in [1.165, 1.54) is 32.1 Å². The summed E-state index contributed by atoms with van der Waals surface area (Å²) in [6.45, 7) is 2.20. The third-order valence-corrected chi connectivity index (χ3v) is 5.00. The van der Waals surface area contributed by atoms with Crippen molar-refractivity contribution in [2.75, 3.05) is 40.0 Å². The largest absolute Gasteiger partial charge is 0.397 e. The smallest absolute Gasteiger partial charge is 0.116 e. The maximum atomic E-state index is 6.11. The Bertz CT molecular complexity index is 662. The number of rotatable bonds is 5. The minimum Gasteiger partial charge on any atom is -0.397 e. The van der Waals surface area contributed by atoms with E-state index in [1.807, 2.05) is 37.6 Å². The van der Waals surface area contributed by atoms with Crippen LogP contribution in [0.1, 0.15) is 43.8 Å². The number of nitrogens with zero attached hydrogens (tertiary/aromatic N) is 3. The molecular formula is C20H33N5S. The molecule has 0 aliphatic heterocycles. The normalized spacial score (nSPS) is 15.0. The average molecular weight is 376 g/mol. The molecule has 0 bridgehead atoms. The van der Waals surface area contributed by atoms with Gasteiger partial charge in [-0.1, -0.05) is 19.3 Å². The van der Waals surface area contributed by atoms with Gasteiger partial charge in [-0.05, 0) is 52.2 Å². The van der Waals surface area contributed by atoms with E-state index in [0.29, 0.717) is 5.92 Å². The highest BCUT2D eigenvalue weighted by Gasteiger charge is 2.21. The van der Waals surface area contributed by atoms with E-state index in [9.17, 15) is 0 Å². The number of likely N-dealkylation sites (N-methyl/N-ethyl adjacent to an activating group) is 2. The summed E-state index contributed by atoms with van der Waals surface area (Å²) in [6.07, 6.45) is 10.3. The summed E-state index contributed by atoms with van der Waals surface area (Å²) in [6, 6.07) is 5.88. The van der Waals surface area contributed by atoms with Crippen molar-refractivity contribution < 1.29 is 0 Å². The van der Waals surface area contributed by atoms with Crippen molar-refractivity contribution in [3.63, 3.8) is 0 Å². The molecule has 3 N–H and O–H groups in total. The number of nitrogen functional groups attached to an aromatic ring is 1. The Balaban J connectivity index is 0.000000298. The zero-order chi connectivity index (χ0) is 18.9. The van der Waals surface area contributed by atoms with Crippen LogP contribution in [0.2, 0.25) is 0 Å². The number of imidazole rings is 1. The van der Waals surface area contributed by atoms with Crippen LogP contribution < -0.4 is 11.1 Å². The van der Waals surface area contributed by atoms with Gasteiger partial charge in [-0.15, -0.1) is 12.6 Å². The highest BCUT2D eigenvalue weighted by atomic mass is 32.1. The molecule has 26 heavy (non-hydrogen) atoms. The molecule has 6 heteroatoms. The van der Waals surface area contributed by atoms with Crippen LogP contribution in [-0.2, 0) is 0 Å². The van der Waals surface area contributed by atoms with Crippen molar-refractivity contribution in [2.24, 2.45) is 0 Å². The zero-order valence-electron chi connectivity index (χ0n) is 16.3. The van der Waals surface area contributed by atoms with Gasteiger partial charge in [0.2, 0.25) is 0 Å². The van der Waals surface area contributed by atoms with Gasteiger partial charge in [-0.25, -0.2) is 4.98 Å². The molecule has 0 unspecified atom stereocenters. The standard InChI is InChI=1S/C15H19N3S.C5H14N2/c16-13-10-12(19)6-7-14(13)18-9-8-17-15(18)11-4-2-1-3-5-11;1-6-4-5-7(2)3/h6-11,19H,1-5,16H2;6H,4-5H2,1-3H3. The predicted molar refractivity (Wildman–Crippen MR) is 114 cm³/mol. The van der Waals surface area contributed by atoms with E-state index >= 15 is 0 Å². The van der Waals surface area contributed by atoms with Gasteiger partial charge < -0.3 is 20.5 Å². The molecule has 2 aromatic rings. The maximum absolute atomic E-state index is 6.11. The first kappa shape index (κ1) is 20.8. The van der Waals surface area contributed by atoms with E-state index < -0.39 is 0 Å². The molecule has 1 saturated carbocycles. The Morgan fingerprint density at radius 3 is 2.58 bits per heavy atom. The molecule has 1 aliphatic rings.